The minimum atomic E-state index is -0.885. The van der Waals surface area contributed by atoms with Crippen LogP contribution in [-0.4, -0.2) is 18.2 Å². The molecule has 5 heteroatoms. The highest BCUT2D eigenvalue weighted by Crippen LogP contribution is 2.33. The third-order valence-electron chi connectivity index (χ3n) is 2.74. The number of ether oxygens (including phenoxy) is 1. The van der Waals surface area contributed by atoms with Crippen molar-refractivity contribution >= 4 is 17.3 Å². The predicted octanol–water partition coefficient (Wildman–Crippen LogP) is 2.90. The lowest BCUT2D eigenvalue weighted by atomic mass is 10.1. The number of nitrogens with two attached hydrogens (primary N) is 1. The van der Waals surface area contributed by atoms with Crippen molar-refractivity contribution in [3.8, 4) is 16.2 Å². The average molecular weight is 277 g/mol. The first-order valence-corrected chi connectivity index (χ1v) is 6.63. The Morgan fingerprint density at radius 3 is 2.89 bits per heavy atom. The van der Waals surface area contributed by atoms with E-state index in [1.165, 1.54) is 11.3 Å². The lowest BCUT2D eigenvalue weighted by Gasteiger charge is -2.05. The number of carboxylic acid groups (broad SMARTS) is 1. The first-order chi connectivity index (χ1) is 9.10. The van der Waals surface area contributed by atoms with Crippen molar-refractivity contribution in [1.82, 2.24) is 0 Å². The van der Waals surface area contributed by atoms with Gasteiger partial charge in [0, 0.05) is 15.8 Å². The van der Waals surface area contributed by atoms with Crippen molar-refractivity contribution in [2.45, 2.75) is 12.5 Å². The van der Waals surface area contributed by atoms with Crippen molar-refractivity contribution < 1.29 is 14.6 Å². The molecule has 1 unspecified atom stereocenters. The summed E-state index contributed by atoms with van der Waals surface area (Å²) in [6, 6.07) is 11.1. The minimum Gasteiger partial charge on any atom is -0.497 e. The molecule has 0 aliphatic carbocycles. The molecular formula is C14H15NO3S. The van der Waals surface area contributed by atoms with Crippen LogP contribution in [0, 0.1) is 0 Å². The summed E-state index contributed by atoms with van der Waals surface area (Å²) >= 11 is 1.51. The maximum Gasteiger partial charge on any atom is 0.305 e. The highest BCUT2D eigenvalue weighted by Gasteiger charge is 2.13. The fourth-order valence-electron chi connectivity index (χ4n) is 1.77. The van der Waals surface area contributed by atoms with Gasteiger partial charge in [-0.2, -0.15) is 0 Å². The second-order valence-electron chi connectivity index (χ2n) is 4.14. The molecule has 0 fully saturated rings. The van der Waals surface area contributed by atoms with Gasteiger partial charge in [0.05, 0.1) is 13.5 Å². The fourth-order valence-corrected chi connectivity index (χ4v) is 2.78. The van der Waals surface area contributed by atoms with Crippen LogP contribution in [0.4, 0.5) is 0 Å². The predicted molar refractivity (Wildman–Crippen MR) is 75.5 cm³/mol. The molecule has 1 atom stereocenters. The molecule has 0 bridgehead atoms. The van der Waals surface area contributed by atoms with Gasteiger partial charge in [-0.05, 0) is 29.8 Å². The summed E-state index contributed by atoms with van der Waals surface area (Å²) in [5.74, 6) is -0.0916. The van der Waals surface area contributed by atoms with Crippen LogP contribution in [0.1, 0.15) is 17.3 Å². The fraction of sp³-hybridized carbons (Fsp3) is 0.214. The lowest BCUT2D eigenvalue weighted by molar-refractivity contribution is -0.137. The Kier molecular flexibility index (Phi) is 4.19. The van der Waals surface area contributed by atoms with Crippen LogP contribution >= 0.6 is 11.3 Å². The summed E-state index contributed by atoms with van der Waals surface area (Å²) in [5.41, 5.74) is 6.89. The molecule has 2 rings (SSSR count). The number of carbonyl (C=O) groups is 1. The van der Waals surface area contributed by atoms with Gasteiger partial charge < -0.3 is 15.6 Å². The first-order valence-electron chi connectivity index (χ1n) is 5.81. The van der Waals surface area contributed by atoms with Gasteiger partial charge in [-0.1, -0.05) is 12.1 Å². The van der Waals surface area contributed by atoms with E-state index in [1.54, 1.807) is 7.11 Å². The van der Waals surface area contributed by atoms with Crippen LogP contribution in [0.2, 0.25) is 0 Å². The van der Waals surface area contributed by atoms with Crippen LogP contribution in [0.5, 0.6) is 5.75 Å². The third kappa shape index (κ3) is 3.33. The summed E-state index contributed by atoms with van der Waals surface area (Å²) in [6.07, 6.45) is -0.0575. The summed E-state index contributed by atoms with van der Waals surface area (Å²) < 4.78 is 5.19. The zero-order valence-electron chi connectivity index (χ0n) is 10.5. The molecule has 0 saturated carbocycles. The van der Waals surface area contributed by atoms with E-state index in [0.717, 1.165) is 21.1 Å². The molecule has 0 spiro atoms. The van der Waals surface area contributed by atoms with E-state index in [2.05, 4.69) is 0 Å². The normalized spacial score (nSPS) is 12.1. The van der Waals surface area contributed by atoms with E-state index >= 15 is 0 Å². The average Bonchev–Trinajstić information content (AvgIpc) is 2.88. The molecule has 1 heterocycles. The molecule has 100 valence electrons. The monoisotopic (exact) mass is 277 g/mol. The van der Waals surface area contributed by atoms with E-state index < -0.39 is 12.0 Å². The van der Waals surface area contributed by atoms with Gasteiger partial charge in [-0.25, -0.2) is 0 Å². The Hall–Kier alpha value is -1.85. The SMILES string of the molecule is COc1cccc(-c2ccc(C(N)CC(=O)O)s2)c1. The molecule has 1 aromatic heterocycles. The van der Waals surface area contributed by atoms with Crippen molar-refractivity contribution in [2.24, 2.45) is 5.73 Å². The zero-order chi connectivity index (χ0) is 13.8. The Bertz CT molecular complexity index is 580. The summed E-state index contributed by atoms with van der Waals surface area (Å²) in [5, 5.41) is 8.75. The number of thiophene rings is 1. The molecule has 1 aromatic carbocycles. The Morgan fingerprint density at radius 1 is 1.42 bits per heavy atom. The Morgan fingerprint density at radius 2 is 2.21 bits per heavy atom. The number of aliphatic carboxylic acids is 1. The number of methoxy groups -OCH3 is 1. The van der Waals surface area contributed by atoms with Crippen molar-refractivity contribution in [3.63, 3.8) is 0 Å². The molecule has 2 aromatic rings. The molecule has 0 amide bonds. The molecule has 0 aliphatic rings. The van der Waals surface area contributed by atoms with Gasteiger partial charge in [0.1, 0.15) is 5.75 Å². The van der Waals surface area contributed by atoms with Crippen LogP contribution in [0.15, 0.2) is 36.4 Å². The first kappa shape index (κ1) is 13.6. The van der Waals surface area contributed by atoms with Crippen LogP contribution in [0.3, 0.4) is 0 Å². The van der Waals surface area contributed by atoms with Gasteiger partial charge in [0.25, 0.3) is 0 Å². The van der Waals surface area contributed by atoms with Gasteiger partial charge in [-0.15, -0.1) is 11.3 Å². The number of carboxylic acids is 1. The molecular weight excluding hydrogens is 262 g/mol. The van der Waals surface area contributed by atoms with Crippen molar-refractivity contribution in [3.05, 3.63) is 41.3 Å². The van der Waals surface area contributed by atoms with Crippen LogP contribution in [-0.2, 0) is 4.79 Å². The van der Waals surface area contributed by atoms with Gasteiger partial charge in [0.15, 0.2) is 0 Å². The van der Waals surface area contributed by atoms with E-state index in [-0.39, 0.29) is 6.42 Å². The van der Waals surface area contributed by atoms with Crippen molar-refractivity contribution in [2.75, 3.05) is 7.11 Å². The lowest BCUT2D eigenvalue weighted by Crippen LogP contribution is -2.13. The van der Waals surface area contributed by atoms with Gasteiger partial charge in [-0.3, -0.25) is 4.79 Å². The van der Waals surface area contributed by atoms with E-state index in [4.69, 9.17) is 15.6 Å². The second-order valence-corrected chi connectivity index (χ2v) is 5.25. The molecule has 0 aliphatic heterocycles. The maximum atomic E-state index is 10.7. The maximum absolute atomic E-state index is 10.7. The quantitative estimate of drug-likeness (QED) is 0.881. The topological polar surface area (TPSA) is 72.5 Å². The third-order valence-corrected chi connectivity index (χ3v) is 4.01. The highest BCUT2D eigenvalue weighted by molar-refractivity contribution is 7.15. The standard InChI is InChI=1S/C14H15NO3S/c1-18-10-4-2-3-9(7-10)12-5-6-13(19-12)11(15)8-14(16)17/h2-7,11H,8,15H2,1H3,(H,16,17). The van der Waals surface area contributed by atoms with Crippen molar-refractivity contribution in [1.29, 1.82) is 0 Å². The molecule has 19 heavy (non-hydrogen) atoms. The number of benzene rings is 1. The van der Waals surface area contributed by atoms with Crippen LogP contribution in [0.25, 0.3) is 10.4 Å². The van der Waals surface area contributed by atoms with Crippen LogP contribution < -0.4 is 10.5 Å². The number of rotatable bonds is 5. The van der Waals surface area contributed by atoms with E-state index in [9.17, 15) is 4.79 Å². The molecule has 4 nitrogen and oxygen atoms in total. The Balaban J connectivity index is 2.22. The molecule has 3 N–H and O–H groups in total. The van der Waals surface area contributed by atoms with Gasteiger partial charge in [0.2, 0.25) is 0 Å². The number of hydrogen-bond donors (Lipinski definition) is 2. The minimum absolute atomic E-state index is 0.0575. The number of hydrogen-bond acceptors (Lipinski definition) is 4. The second kappa shape index (κ2) is 5.86. The van der Waals surface area contributed by atoms with E-state index in [1.807, 2.05) is 36.4 Å². The summed E-state index contributed by atoms with van der Waals surface area (Å²) in [4.78, 5) is 12.6. The largest absolute Gasteiger partial charge is 0.497 e. The van der Waals surface area contributed by atoms with E-state index in [0.29, 0.717) is 0 Å². The smallest absolute Gasteiger partial charge is 0.305 e. The summed E-state index contributed by atoms with van der Waals surface area (Å²) in [7, 11) is 1.63. The Labute approximate surface area is 115 Å². The highest BCUT2D eigenvalue weighted by atomic mass is 32.1. The molecule has 0 radical (unpaired) electrons. The molecule has 0 saturated heterocycles. The zero-order valence-corrected chi connectivity index (χ0v) is 11.3. The van der Waals surface area contributed by atoms with Gasteiger partial charge >= 0.3 is 5.97 Å². The summed E-state index contributed by atoms with van der Waals surface area (Å²) in [6.45, 7) is 0.